The molecule has 0 atom stereocenters. The lowest BCUT2D eigenvalue weighted by Crippen LogP contribution is -2.22. The third-order valence-corrected chi connectivity index (χ3v) is 3.59. The Morgan fingerprint density at radius 3 is 2.56 bits per heavy atom. The lowest BCUT2D eigenvalue weighted by Gasteiger charge is -2.09. The largest absolute Gasteiger partial charge is 0.452 e. The van der Waals surface area contributed by atoms with Gasteiger partial charge in [-0.25, -0.2) is 18.3 Å². The molecule has 3 aromatic rings. The highest BCUT2D eigenvalue weighted by Gasteiger charge is 2.17. The molecule has 3 rings (SSSR count). The van der Waals surface area contributed by atoms with E-state index in [1.807, 2.05) is 30.3 Å². The number of esters is 1. The van der Waals surface area contributed by atoms with E-state index in [2.05, 4.69) is 10.4 Å². The highest BCUT2D eigenvalue weighted by atomic mass is 19.1. The number of para-hydroxylation sites is 1. The maximum Gasteiger partial charge on any atom is 0.341 e. The van der Waals surface area contributed by atoms with Gasteiger partial charge >= 0.3 is 5.97 Å². The van der Waals surface area contributed by atoms with E-state index in [0.29, 0.717) is 17.6 Å². The summed E-state index contributed by atoms with van der Waals surface area (Å²) in [6.07, 6.45) is 0. The molecule has 0 unspecified atom stereocenters. The van der Waals surface area contributed by atoms with Gasteiger partial charge < -0.3 is 10.1 Å². The second-order valence-electron chi connectivity index (χ2n) is 5.67. The Balaban J connectivity index is 1.66. The highest BCUT2D eigenvalue weighted by molar-refractivity contribution is 5.95. The van der Waals surface area contributed by atoms with E-state index in [1.54, 1.807) is 13.0 Å². The smallest absolute Gasteiger partial charge is 0.341 e. The first-order valence-electron chi connectivity index (χ1n) is 7.98. The van der Waals surface area contributed by atoms with Crippen LogP contribution in [0.3, 0.4) is 0 Å². The van der Waals surface area contributed by atoms with E-state index in [-0.39, 0.29) is 0 Å². The summed E-state index contributed by atoms with van der Waals surface area (Å²) in [6.45, 7) is 1.14. The molecule has 1 heterocycles. The minimum atomic E-state index is -1.06. The van der Waals surface area contributed by atoms with Crippen molar-refractivity contribution in [3.05, 3.63) is 77.5 Å². The topological polar surface area (TPSA) is 73.2 Å². The van der Waals surface area contributed by atoms with Crippen molar-refractivity contribution >= 4 is 17.7 Å². The van der Waals surface area contributed by atoms with Crippen molar-refractivity contribution in [2.45, 2.75) is 6.92 Å². The minimum absolute atomic E-state index is 0.396. The number of aromatic nitrogens is 2. The SMILES string of the molecule is Cc1cc(NC(=O)COC(=O)c2ccc(F)cc2F)n(-c2ccccc2)n1. The number of carbonyl (C=O) groups is 2. The van der Waals surface area contributed by atoms with Crippen LogP contribution in [0.5, 0.6) is 0 Å². The average molecular weight is 371 g/mol. The van der Waals surface area contributed by atoms with Gasteiger partial charge in [0.15, 0.2) is 6.61 Å². The Labute approximate surface area is 153 Å². The zero-order chi connectivity index (χ0) is 19.4. The van der Waals surface area contributed by atoms with Gasteiger partial charge in [-0.1, -0.05) is 18.2 Å². The van der Waals surface area contributed by atoms with E-state index in [4.69, 9.17) is 4.74 Å². The van der Waals surface area contributed by atoms with Crippen LogP contribution in [0, 0.1) is 18.6 Å². The fraction of sp³-hybridized carbons (Fsp3) is 0.105. The molecule has 1 N–H and O–H groups in total. The molecule has 0 saturated carbocycles. The zero-order valence-corrected chi connectivity index (χ0v) is 14.3. The van der Waals surface area contributed by atoms with E-state index in [0.717, 1.165) is 17.8 Å². The van der Waals surface area contributed by atoms with E-state index >= 15 is 0 Å². The molecule has 1 aromatic heterocycles. The van der Waals surface area contributed by atoms with Crippen molar-refractivity contribution in [3.63, 3.8) is 0 Å². The summed E-state index contributed by atoms with van der Waals surface area (Å²) in [5, 5.41) is 6.90. The number of rotatable bonds is 5. The molecule has 2 aromatic carbocycles. The van der Waals surface area contributed by atoms with Crippen LogP contribution in [0.25, 0.3) is 5.69 Å². The molecule has 8 heteroatoms. The maximum absolute atomic E-state index is 13.6. The Morgan fingerprint density at radius 1 is 1.11 bits per heavy atom. The van der Waals surface area contributed by atoms with Crippen LogP contribution in [-0.2, 0) is 9.53 Å². The number of carbonyl (C=O) groups excluding carboxylic acids is 2. The number of amides is 1. The van der Waals surface area contributed by atoms with E-state index in [1.165, 1.54) is 4.68 Å². The lowest BCUT2D eigenvalue weighted by atomic mass is 10.2. The lowest BCUT2D eigenvalue weighted by molar-refractivity contribution is -0.119. The first kappa shape index (κ1) is 18.2. The van der Waals surface area contributed by atoms with Crippen LogP contribution in [0.2, 0.25) is 0 Å². The molecular formula is C19H15F2N3O3. The number of ether oxygens (including phenoxy) is 1. The normalized spacial score (nSPS) is 10.5. The number of halogens is 2. The molecule has 138 valence electrons. The number of anilines is 1. The first-order valence-corrected chi connectivity index (χ1v) is 7.98. The van der Waals surface area contributed by atoms with E-state index < -0.39 is 35.7 Å². The van der Waals surface area contributed by atoms with Crippen molar-refractivity contribution in [2.75, 3.05) is 11.9 Å². The molecule has 27 heavy (non-hydrogen) atoms. The predicted octanol–water partition coefficient (Wildman–Crippen LogP) is 3.25. The summed E-state index contributed by atoms with van der Waals surface area (Å²) in [7, 11) is 0. The number of benzene rings is 2. The fourth-order valence-corrected chi connectivity index (χ4v) is 2.40. The summed E-state index contributed by atoms with van der Waals surface area (Å²) in [5.74, 6) is -3.16. The van der Waals surface area contributed by atoms with Crippen LogP contribution < -0.4 is 5.32 Å². The number of aryl methyl sites for hydroxylation is 1. The molecule has 6 nitrogen and oxygen atoms in total. The van der Waals surface area contributed by atoms with Crippen molar-refractivity contribution in [3.8, 4) is 5.69 Å². The van der Waals surface area contributed by atoms with E-state index in [9.17, 15) is 18.4 Å². The van der Waals surface area contributed by atoms with Crippen LogP contribution in [-0.4, -0.2) is 28.3 Å². The Morgan fingerprint density at radius 2 is 1.85 bits per heavy atom. The molecule has 0 saturated heterocycles. The molecular weight excluding hydrogens is 356 g/mol. The Hall–Kier alpha value is -3.55. The predicted molar refractivity (Wildman–Crippen MR) is 93.6 cm³/mol. The average Bonchev–Trinajstić information content (AvgIpc) is 3.00. The Bertz CT molecular complexity index is 987. The second kappa shape index (κ2) is 7.77. The van der Waals surface area contributed by atoms with Crippen LogP contribution in [0.15, 0.2) is 54.6 Å². The number of hydrogen-bond donors (Lipinski definition) is 1. The molecule has 0 spiro atoms. The molecule has 0 fully saturated rings. The van der Waals surface area contributed by atoms with Gasteiger partial charge in [0.25, 0.3) is 5.91 Å². The highest BCUT2D eigenvalue weighted by Crippen LogP contribution is 2.17. The molecule has 0 aliphatic heterocycles. The van der Waals surface area contributed by atoms with Gasteiger partial charge in [0.1, 0.15) is 17.5 Å². The summed E-state index contributed by atoms with van der Waals surface area (Å²) >= 11 is 0. The molecule has 0 aliphatic rings. The summed E-state index contributed by atoms with van der Waals surface area (Å²) in [5.41, 5.74) is 0.972. The van der Waals surface area contributed by atoms with Crippen LogP contribution in [0.4, 0.5) is 14.6 Å². The van der Waals surface area contributed by atoms with Gasteiger partial charge in [-0.3, -0.25) is 4.79 Å². The molecule has 0 radical (unpaired) electrons. The Kier molecular flexibility index (Phi) is 5.25. The van der Waals surface area contributed by atoms with Gasteiger partial charge in [0, 0.05) is 12.1 Å². The van der Waals surface area contributed by atoms with Gasteiger partial charge in [-0.05, 0) is 31.2 Å². The van der Waals surface area contributed by atoms with Gasteiger partial charge in [0.2, 0.25) is 0 Å². The first-order chi connectivity index (χ1) is 12.9. The monoisotopic (exact) mass is 371 g/mol. The third-order valence-electron chi connectivity index (χ3n) is 3.59. The number of nitrogens with one attached hydrogen (secondary N) is 1. The van der Waals surface area contributed by atoms with Crippen LogP contribution >= 0.6 is 0 Å². The molecule has 0 bridgehead atoms. The third kappa shape index (κ3) is 4.35. The van der Waals surface area contributed by atoms with Crippen LogP contribution in [0.1, 0.15) is 16.1 Å². The van der Waals surface area contributed by atoms with Crippen molar-refractivity contribution in [1.82, 2.24) is 9.78 Å². The van der Waals surface area contributed by atoms with Gasteiger partial charge in [-0.15, -0.1) is 0 Å². The fourth-order valence-electron chi connectivity index (χ4n) is 2.40. The van der Waals surface area contributed by atoms with Gasteiger partial charge in [0.05, 0.1) is 16.9 Å². The van der Waals surface area contributed by atoms with Crippen molar-refractivity contribution in [2.24, 2.45) is 0 Å². The van der Waals surface area contributed by atoms with Crippen molar-refractivity contribution < 1.29 is 23.1 Å². The quantitative estimate of drug-likeness (QED) is 0.699. The van der Waals surface area contributed by atoms with Gasteiger partial charge in [-0.2, -0.15) is 5.10 Å². The number of hydrogen-bond acceptors (Lipinski definition) is 4. The van der Waals surface area contributed by atoms with Crippen molar-refractivity contribution in [1.29, 1.82) is 0 Å². The summed E-state index contributed by atoms with van der Waals surface area (Å²) in [6, 6.07) is 13.3. The summed E-state index contributed by atoms with van der Waals surface area (Å²) < 4.78 is 32.8. The number of nitrogens with zero attached hydrogens (tertiary/aromatic N) is 2. The molecule has 0 aliphatic carbocycles. The summed E-state index contributed by atoms with van der Waals surface area (Å²) in [4.78, 5) is 23.9. The standard InChI is InChI=1S/C19H15F2N3O3/c1-12-9-17(24(23-12)14-5-3-2-4-6-14)22-18(25)11-27-19(26)15-8-7-13(20)10-16(15)21/h2-10H,11H2,1H3,(H,22,25). The minimum Gasteiger partial charge on any atom is -0.452 e. The maximum atomic E-state index is 13.6. The second-order valence-corrected chi connectivity index (χ2v) is 5.67. The molecule has 1 amide bonds. The zero-order valence-electron chi connectivity index (χ0n) is 14.3.